The molecule has 0 amide bonds. The fourth-order valence-corrected chi connectivity index (χ4v) is 3.06. The lowest BCUT2D eigenvalue weighted by atomic mass is 10.0. The van der Waals surface area contributed by atoms with Crippen molar-refractivity contribution in [1.82, 2.24) is 5.32 Å². The summed E-state index contributed by atoms with van der Waals surface area (Å²) in [5.41, 5.74) is 5.31. The topological polar surface area (TPSA) is 24.1 Å². The van der Waals surface area contributed by atoms with Crippen LogP contribution in [0.3, 0.4) is 0 Å². The first-order valence-electron chi connectivity index (χ1n) is 7.55. The largest absolute Gasteiger partial charge is 0.382 e. The summed E-state index contributed by atoms with van der Waals surface area (Å²) in [6, 6.07) is 15.3. The van der Waals surface area contributed by atoms with Gasteiger partial charge in [0.25, 0.3) is 0 Å². The number of halogens is 1. The van der Waals surface area contributed by atoms with Crippen molar-refractivity contribution in [2.45, 2.75) is 32.4 Å². The predicted molar refractivity (Wildman–Crippen MR) is 90.1 cm³/mol. The molecule has 21 heavy (non-hydrogen) atoms. The Hall–Kier alpha value is -1.51. The van der Waals surface area contributed by atoms with Crippen LogP contribution in [0.5, 0.6) is 0 Å². The molecule has 1 aliphatic rings. The lowest BCUT2D eigenvalue weighted by Crippen LogP contribution is -2.16. The molecule has 3 rings (SSSR count). The fraction of sp³-hybridized carbons (Fsp3) is 0.333. The smallest absolute Gasteiger partial charge is 0.0450 e. The molecule has 0 saturated heterocycles. The summed E-state index contributed by atoms with van der Waals surface area (Å²) in [7, 11) is 0. The third kappa shape index (κ3) is 3.58. The fourth-order valence-electron chi connectivity index (χ4n) is 2.86. The highest BCUT2D eigenvalue weighted by atomic mass is 35.5. The molecule has 1 aliphatic heterocycles. The number of nitrogens with one attached hydrogen (secondary N) is 2. The maximum absolute atomic E-state index is 6.15. The van der Waals surface area contributed by atoms with Crippen LogP contribution in [0.25, 0.3) is 0 Å². The summed E-state index contributed by atoms with van der Waals surface area (Å²) in [4.78, 5) is 0. The van der Waals surface area contributed by atoms with E-state index < -0.39 is 0 Å². The molecule has 0 radical (unpaired) electrons. The van der Waals surface area contributed by atoms with Crippen LogP contribution in [-0.2, 0) is 19.4 Å². The number of anilines is 1. The van der Waals surface area contributed by atoms with Crippen LogP contribution in [-0.4, -0.2) is 12.6 Å². The highest BCUT2D eigenvalue weighted by Gasteiger charge is 2.16. The third-order valence-electron chi connectivity index (χ3n) is 3.96. The zero-order chi connectivity index (χ0) is 14.7. The van der Waals surface area contributed by atoms with Gasteiger partial charge < -0.3 is 10.6 Å². The average molecular weight is 301 g/mol. The van der Waals surface area contributed by atoms with Crippen molar-refractivity contribution in [3.05, 3.63) is 64.2 Å². The van der Waals surface area contributed by atoms with E-state index in [-0.39, 0.29) is 0 Å². The average Bonchev–Trinajstić information content (AvgIpc) is 2.84. The monoisotopic (exact) mass is 300 g/mol. The Kier molecular flexibility index (Phi) is 4.47. The molecule has 1 unspecified atom stereocenters. The van der Waals surface area contributed by atoms with E-state index in [2.05, 4.69) is 41.8 Å². The van der Waals surface area contributed by atoms with E-state index in [4.69, 9.17) is 11.6 Å². The predicted octanol–water partition coefficient (Wildman–Crippen LogP) is 4.03. The van der Waals surface area contributed by atoms with E-state index in [9.17, 15) is 0 Å². The normalized spacial score (nSPS) is 16.6. The molecule has 2 nitrogen and oxygen atoms in total. The molecule has 2 aromatic rings. The SMILES string of the molecule is CC1Cc2cc(CCNCc3ccccc3Cl)ccc2N1. The molecule has 3 heteroatoms. The zero-order valence-electron chi connectivity index (χ0n) is 12.3. The van der Waals surface area contributed by atoms with Crippen LogP contribution >= 0.6 is 11.6 Å². The molecule has 0 aliphatic carbocycles. The van der Waals surface area contributed by atoms with E-state index in [1.807, 2.05) is 18.2 Å². The van der Waals surface area contributed by atoms with Gasteiger partial charge in [0, 0.05) is 23.3 Å². The minimum absolute atomic E-state index is 0.564. The van der Waals surface area contributed by atoms with Gasteiger partial charge >= 0.3 is 0 Å². The molecule has 0 fully saturated rings. The highest BCUT2D eigenvalue weighted by Crippen LogP contribution is 2.26. The third-order valence-corrected chi connectivity index (χ3v) is 4.33. The van der Waals surface area contributed by atoms with E-state index in [0.717, 1.165) is 36.5 Å². The van der Waals surface area contributed by atoms with Crippen molar-refractivity contribution in [2.24, 2.45) is 0 Å². The molecule has 2 N–H and O–H groups in total. The van der Waals surface area contributed by atoms with Gasteiger partial charge in [-0.3, -0.25) is 0 Å². The van der Waals surface area contributed by atoms with E-state index in [0.29, 0.717) is 6.04 Å². The highest BCUT2D eigenvalue weighted by molar-refractivity contribution is 6.31. The van der Waals surface area contributed by atoms with Crippen LogP contribution in [0.4, 0.5) is 5.69 Å². The molecule has 1 heterocycles. The van der Waals surface area contributed by atoms with Crippen LogP contribution in [0.1, 0.15) is 23.6 Å². The summed E-state index contributed by atoms with van der Waals surface area (Å²) in [5.74, 6) is 0. The van der Waals surface area contributed by atoms with Crippen LogP contribution in [0.15, 0.2) is 42.5 Å². The van der Waals surface area contributed by atoms with Gasteiger partial charge in [-0.1, -0.05) is 41.9 Å². The van der Waals surface area contributed by atoms with Gasteiger partial charge in [0.1, 0.15) is 0 Å². The van der Waals surface area contributed by atoms with Crippen molar-refractivity contribution < 1.29 is 0 Å². The number of rotatable bonds is 5. The molecule has 1 atom stereocenters. The Morgan fingerprint density at radius 1 is 1.24 bits per heavy atom. The molecule has 0 bridgehead atoms. The summed E-state index contributed by atoms with van der Waals surface area (Å²) in [6.45, 7) is 4.01. The number of hydrogen-bond donors (Lipinski definition) is 2. The van der Waals surface area contributed by atoms with Gasteiger partial charge in [0.15, 0.2) is 0 Å². The van der Waals surface area contributed by atoms with Gasteiger partial charge in [-0.25, -0.2) is 0 Å². The van der Waals surface area contributed by atoms with Crippen molar-refractivity contribution in [3.8, 4) is 0 Å². The maximum Gasteiger partial charge on any atom is 0.0450 e. The van der Waals surface area contributed by atoms with Gasteiger partial charge in [-0.05, 0) is 55.1 Å². The summed E-state index contributed by atoms with van der Waals surface area (Å²) < 4.78 is 0. The maximum atomic E-state index is 6.15. The number of hydrogen-bond acceptors (Lipinski definition) is 2. The Morgan fingerprint density at radius 2 is 2.10 bits per heavy atom. The Labute approximate surface area is 131 Å². The van der Waals surface area contributed by atoms with Crippen LogP contribution in [0.2, 0.25) is 5.02 Å². The number of benzene rings is 2. The molecule has 0 spiro atoms. The van der Waals surface area contributed by atoms with Crippen LogP contribution in [0, 0.1) is 0 Å². The van der Waals surface area contributed by atoms with E-state index in [1.54, 1.807) is 0 Å². The first kappa shape index (κ1) is 14.4. The second-order valence-corrected chi connectivity index (χ2v) is 6.17. The lowest BCUT2D eigenvalue weighted by Gasteiger charge is -2.08. The van der Waals surface area contributed by atoms with E-state index in [1.165, 1.54) is 16.8 Å². The first-order chi connectivity index (χ1) is 10.2. The van der Waals surface area contributed by atoms with Crippen molar-refractivity contribution in [2.75, 3.05) is 11.9 Å². The molecular weight excluding hydrogens is 280 g/mol. The van der Waals surface area contributed by atoms with Crippen molar-refractivity contribution in [1.29, 1.82) is 0 Å². The van der Waals surface area contributed by atoms with Crippen molar-refractivity contribution in [3.63, 3.8) is 0 Å². The molecule has 2 aromatic carbocycles. The van der Waals surface area contributed by atoms with Crippen LogP contribution < -0.4 is 10.6 Å². The number of fused-ring (bicyclic) bond motifs is 1. The van der Waals surface area contributed by atoms with E-state index >= 15 is 0 Å². The lowest BCUT2D eigenvalue weighted by molar-refractivity contribution is 0.687. The quantitative estimate of drug-likeness (QED) is 0.815. The Bertz CT molecular complexity index is 624. The molecular formula is C18H21ClN2. The molecule has 110 valence electrons. The first-order valence-corrected chi connectivity index (χ1v) is 7.92. The Morgan fingerprint density at radius 3 is 2.95 bits per heavy atom. The summed E-state index contributed by atoms with van der Waals surface area (Å²) in [5, 5.41) is 7.79. The standard InChI is InChI=1S/C18H21ClN2/c1-13-10-16-11-14(6-7-18(16)21-13)8-9-20-12-15-4-2-3-5-17(15)19/h2-7,11,13,20-21H,8-10,12H2,1H3. The summed E-state index contributed by atoms with van der Waals surface area (Å²) >= 11 is 6.15. The van der Waals surface area contributed by atoms with Gasteiger partial charge in [-0.15, -0.1) is 0 Å². The minimum Gasteiger partial charge on any atom is -0.382 e. The minimum atomic E-state index is 0.564. The Balaban J connectivity index is 1.50. The van der Waals surface area contributed by atoms with Gasteiger partial charge in [-0.2, -0.15) is 0 Å². The van der Waals surface area contributed by atoms with Gasteiger partial charge in [0.05, 0.1) is 0 Å². The molecule has 0 saturated carbocycles. The second-order valence-electron chi connectivity index (χ2n) is 5.76. The zero-order valence-corrected chi connectivity index (χ0v) is 13.1. The summed E-state index contributed by atoms with van der Waals surface area (Å²) in [6.07, 6.45) is 2.18. The second kappa shape index (κ2) is 6.50. The molecule has 0 aromatic heterocycles. The van der Waals surface area contributed by atoms with Crippen molar-refractivity contribution >= 4 is 17.3 Å². The van der Waals surface area contributed by atoms with Gasteiger partial charge in [0.2, 0.25) is 0 Å².